The first-order valence-electron chi connectivity index (χ1n) is 10.0. The van der Waals surface area contributed by atoms with Gasteiger partial charge in [-0.1, -0.05) is 41.9 Å². The Morgan fingerprint density at radius 2 is 1.62 bits per heavy atom. The number of piperazine rings is 1. The van der Waals surface area contributed by atoms with Crippen LogP contribution >= 0.6 is 11.6 Å². The third-order valence-electron chi connectivity index (χ3n) is 5.99. The van der Waals surface area contributed by atoms with Gasteiger partial charge in [0.2, 0.25) is 0 Å². The first-order valence-corrected chi connectivity index (χ1v) is 10.4. The molecule has 1 fully saturated rings. The van der Waals surface area contributed by atoms with Gasteiger partial charge in [-0.2, -0.15) is 0 Å². The Labute approximate surface area is 176 Å². The molecule has 0 bridgehead atoms. The van der Waals surface area contributed by atoms with Crippen molar-refractivity contribution in [3.8, 4) is 5.69 Å². The summed E-state index contributed by atoms with van der Waals surface area (Å²) in [7, 11) is 1.90. The summed E-state index contributed by atoms with van der Waals surface area (Å²) in [5.74, 6) is 0. The molecule has 0 saturated carbocycles. The lowest BCUT2D eigenvalue weighted by Crippen LogP contribution is -2.46. The van der Waals surface area contributed by atoms with Gasteiger partial charge in [-0.05, 0) is 43.2 Å². The summed E-state index contributed by atoms with van der Waals surface area (Å²) in [6.45, 7) is 8.84. The largest absolute Gasteiger partial charge is 0.369 e. The molecule has 0 aliphatic carbocycles. The number of anilines is 1. The Balaban J connectivity index is 1.50. The molecule has 1 aliphatic heterocycles. The minimum atomic E-state index is -0.163. The molecule has 2 heterocycles. The van der Waals surface area contributed by atoms with Crippen LogP contribution in [0.25, 0.3) is 5.69 Å². The summed E-state index contributed by atoms with van der Waals surface area (Å²) in [6, 6.07) is 16.1. The normalized spacial score (nSPS) is 15.1. The van der Waals surface area contributed by atoms with Crippen molar-refractivity contribution in [2.24, 2.45) is 7.05 Å². The van der Waals surface area contributed by atoms with Crippen LogP contribution in [-0.4, -0.2) is 40.4 Å². The molecule has 0 N–H and O–H groups in total. The highest BCUT2D eigenvalue weighted by atomic mass is 35.5. The molecular weight excluding hydrogens is 384 g/mol. The van der Waals surface area contributed by atoms with Crippen molar-refractivity contribution in [1.82, 2.24) is 14.3 Å². The number of para-hydroxylation sites is 1. The van der Waals surface area contributed by atoms with Crippen LogP contribution in [0, 0.1) is 13.8 Å². The molecular formula is C23H27ClN4O. The topological polar surface area (TPSA) is 33.4 Å². The zero-order valence-electron chi connectivity index (χ0n) is 17.2. The summed E-state index contributed by atoms with van der Waals surface area (Å²) in [6.07, 6.45) is 0. The van der Waals surface area contributed by atoms with Crippen molar-refractivity contribution in [2.45, 2.75) is 20.4 Å². The van der Waals surface area contributed by atoms with Crippen LogP contribution in [0.4, 0.5) is 5.69 Å². The van der Waals surface area contributed by atoms with E-state index in [9.17, 15) is 4.79 Å². The fraction of sp³-hybridized carbons (Fsp3) is 0.348. The Hall–Kier alpha value is -2.50. The van der Waals surface area contributed by atoms with Crippen LogP contribution in [0.5, 0.6) is 0 Å². The number of aryl methyl sites for hydroxylation is 1. The van der Waals surface area contributed by atoms with E-state index in [-0.39, 0.29) is 5.56 Å². The van der Waals surface area contributed by atoms with E-state index in [1.165, 1.54) is 16.8 Å². The van der Waals surface area contributed by atoms with Crippen molar-refractivity contribution < 1.29 is 0 Å². The van der Waals surface area contributed by atoms with E-state index >= 15 is 0 Å². The predicted molar refractivity (Wildman–Crippen MR) is 119 cm³/mol. The minimum absolute atomic E-state index is 0.163. The van der Waals surface area contributed by atoms with Crippen LogP contribution < -0.4 is 10.5 Å². The molecule has 2 aromatic carbocycles. The number of aromatic nitrogens is 2. The summed E-state index contributed by atoms with van der Waals surface area (Å²) in [4.78, 5) is 17.6. The molecule has 3 aromatic rings. The van der Waals surface area contributed by atoms with E-state index in [1.807, 2.05) is 42.1 Å². The molecule has 1 saturated heterocycles. The quantitative estimate of drug-likeness (QED) is 0.656. The highest BCUT2D eigenvalue weighted by Crippen LogP contribution is 2.25. The maximum Gasteiger partial charge on any atom is 0.290 e. The molecule has 152 valence electrons. The average molecular weight is 411 g/mol. The number of rotatable bonds is 4. The maximum absolute atomic E-state index is 12.7. The second-order valence-corrected chi connectivity index (χ2v) is 8.10. The molecule has 4 rings (SSSR count). The van der Waals surface area contributed by atoms with Crippen molar-refractivity contribution in [2.75, 3.05) is 31.1 Å². The molecule has 0 spiro atoms. The fourth-order valence-corrected chi connectivity index (χ4v) is 4.35. The molecule has 6 heteroatoms. The van der Waals surface area contributed by atoms with Crippen molar-refractivity contribution in [1.29, 1.82) is 0 Å². The maximum atomic E-state index is 12.7. The lowest BCUT2D eigenvalue weighted by atomic mass is 10.1. The average Bonchev–Trinajstić information content (AvgIpc) is 2.94. The number of hydrogen-bond acceptors (Lipinski definition) is 3. The van der Waals surface area contributed by atoms with Crippen molar-refractivity contribution in [3.63, 3.8) is 0 Å². The zero-order chi connectivity index (χ0) is 20.5. The van der Waals surface area contributed by atoms with E-state index in [1.54, 1.807) is 4.68 Å². The van der Waals surface area contributed by atoms with E-state index in [0.717, 1.165) is 37.6 Å². The summed E-state index contributed by atoms with van der Waals surface area (Å²) in [5, 5.41) is 0.313. The SMILES string of the molecule is Cc1cccc(N2CCN(Cc3c(Cl)c(=O)n(-c4ccccc4)n3C)CC2)c1C. The molecule has 0 atom stereocenters. The predicted octanol–water partition coefficient (Wildman–Crippen LogP) is 3.77. The molecule has 5 nitrogen and oxygen atoms in total. The van der Waals surface area contributed by atoms with E-state index in [4.69, 9.17) is 11.6 Å². The smallest absolute Gasteiger partial charge is 0.290 e. The number of hydrogen-bond donors (Lipinski definition) is 0. The van der Waals surface area contributed by atoms with E-state index < -0.39 is 0 Å². The summed E-state index contributed by atoms with van der Waals surface area (Å²) >= 11 is 6.46. The standard InChI is InChI=1S/C23H27ClN4O/c1-17-8-7-11-20(18(17)2)27-14-12-26(13-15-27)16-21-22(24)23(29)28(25(21)3)19-9-5-4-6-10-19/h4-11H,12-16H2,1-3H3. The van der Waals surface area contributed by atoms with Crippen LogP contribution in [0.2, 0.25) is 5.02 Å². The molecule has 1 aromatic heterocycles. The van der Waals surface area contributed by atoms with Crippen LogP contribution in [0.3, 0.4) is 0 Å². The van der Waals surface area contributed by atoms with Gasteiger partial charge < -0.3 is 4.90 Å². The Bertz CT molecular complexity index is 1060. The van der Waals surface area contributed by atoms with Gasteiger partial charge in [-0.3, -0.25) is 14.4 Å². The third kappa shape index (κ3) is 3.72. The second kappa shape index (κ2) is 8.09. The highest BCUT2D eigenvalue weighted by molar-refractivity contribution is 6.31. The van der Waals surface area contributed by atoms with Gasteiger partial charge in [-0.15, -0.1) is 0 Å². The lowest BCUT2D eigenvalue weighted by molar-refractivity contribution is 0.243. The summed E-state index contributed by atoms with van der Waals surface area (Å²) < 4.78 is 3.53. The van der Waals surface area contributed by atoms with Gasteiger partial charge in [0, 0.05) is 45.5 Å². The van der Waals surface area contributed by atoms with Gasteiger partial charge in [0.15, 0.2) is 0 Å². The number of benzene rings is 2. The Morgan fingerprint density at radius 3 is 2.31 bits per heavy atom. The number of nitrogens with zero attached hydrogens (tertiary/aromatic N) is 4. The first kappa shape index (κ1) is 19.8. The van der Waals surface area contributed by atoms with Crippen LogP contribution in [0.1, 0.15) is 16.8 Å². The zero-order valence-corrected chi connectivity index (χ0v) is 18.0. The van der Waals surface area contributed by atoms with Gasteiger partial charge in [0.1, 0.15) is 5.02 Å². The minimum Gasteiger partial charge on any atom is -0.369 e. The van der Waals surface area contributed by atoms with E-state index in [2.05, 4.69) is 41.8 Å². The molecule has 29 heavy (non-hydrogen) atoms. The Morgan fingerprint density at radius 1 is 0.931 bits per heavy atom. The number of halogens is 1. The van der Waals surface area contributed by atoms with Crippen molar-refractivity contribution in [3.05, 3.63) is 80.7 Å². The van der Waals surface area contributed by atoms with Gasteiger partial charge in [0.25, 0.3) is 5.56 Å². The molecule has 0 unspecified atom stereocenters. The monoisotopic (exact) mass is 410 g/mol. The Kier molecular flexibility index (Phi) is 5.52. The lowest BCUT2D eigenvalue weighted by Gasteiger charge is -2.37. The van der Waals surface area contributed by atoms with E-state index in [0.29, 0.717) is 11.6 Å². The molecule has 0 radical (unpaired) electrons. The van der Waals surface area contributed by atoms with Crippen molar-refractivity contribution >= 4 is 17.3 Å². The highest BCUT2D eigenvalue weighted by Gasteiger charge is 2.23. The third-order valence-corrected chi connectivity index (χ3v) is 6.37. The van der Waals surface area contributed by atoms with Gasteiger partial charge in [-0.25, -0.2) is 4.68 Å². The molecule has 1 aliphatic rings. The van der Waals surface area contributed by atoms with Gasteiger partial charge in [0.05, 0.1) is 11.4 Å². The van der Waals surface area contributed by atoms with Crippen LogP contribution in [-0.2, 0) is 13.6 Å². The fourth-order valence-electron chi connectivity index (χ4n) is 4.08. The van der Waals surface area contributed by atoms with Crippen LogP contribution in [0.15, 0.2) is 53.3 Å². The first-order chi connectivity index (χ1) is 14.0. The van der Waals surface area contributed by atoms with Gasteiger partial charge >= 0.3 is 0 Å². The summed E-state index contributed by atoms with van der Waals surface area (Å²) in [5.41, 5.74) is 5.53. The molecule has 0 amide bonds. The second-order valence-electron chi connectivity index (χ2n) is 7.72.